The predicted molar refractivity (Wildman–Crippen MR) is 134 cm³/mol. The first-order chi connectivity index (χ1) is 16.9. The Labute approximate surface area is 209 Å². The van der Waals surface area contributed by atoms with Gasteiger partial charge in [-0.05, 0) is 46.6 Å². The SMILES string of the molecule is O=C(O)CC1CN(C(=O)CC2(NC(=O)OCC3c4ccccc4-c4ccccc43)CCSCC2)C1. The summed E-state index contributed by atoms with van der Waals surface area (Å²) in [5.41, 5.74) is 4.06. The number of thioether (sulfide) groups is 1. The van der Waals surface area contributed by atoms with E-state index in [4.69, 9.17) is 9.84 Å². The Morgan fingerprint density at radius 1 is 1.00 bits per heavy atom. The number of nitrogens with zero attached hydrogens (tertiary/aromatic N) is 1. The van der Waals surface area contributed by atoms with Crippen molar-refractivity contribution in [2.24, 2.45) is 5.92 Å². The normalized spacial score (nSPS) is 18.8. The molecule has 2 aliphatic heterocycles. The molecule has 0 bridgehead atoms. The molecule has 0 atom stereocenters. The summed E-state index contributed by atoms with van der Waals surface area (Å²) >= 11 is 1.82. The molecule has 35 heavy (non-hydrogen) atoms. The highest BCUT2D eigenvalue weighted by atomic mass is 32.2. The van der Waals surface area contributed by atoms with Crippen molar-refractivity contribution >= 4 is 29.7 Å². The number of benzene rings is 2. The molecule has 5 rings (SSSR count). The number of hydrogen-bond donors (Lipinski definition) is 2. The third-order valence-electron chi connectivity index (χ3n) is 7.42. The molecule has 2 saturated heterocycles. The number of hydrogen-bond acceptors (Lipinski definition) is 5. The van der Waals surface area contributed by atoms with Crippen molar-refractivity contribution in [3.63, 3.8) is 0 Å². The number of ether oxygens (including phenoxy) is 1. The van der Waals surface area contributed by atoms with Crippen LogP contribution >= 0.6 is 11.8 Å². The van der Waals surface area contributed by atoms with E-state index in [0.717, 1.165) is 22.6 Å². The number of fused-ring (bicyclic) bond motifs is 3. The number of nitrogens with one attached hydrogen (secondary N) is 1. The van der Waals surface area contributed by atoms with Gasteiger partial charge in [0.05, 0.1) is 18.4 Å². The number of amides is 2. The van der Waals surface area contributed by atoms with Crippen molar-refractivity contribution in [2.45, 2.75) is 37.1 Å². The zero-order valence-corrected chi connectivity index (χ0v) is 20.4. The molecule has 0 radical (unpaired) electrons. The second-order valence-electron chi connectivity index (χ2n) is 9.78. The minimum Gasteiger partial charge on any atom is -0.481 e. The van der Waals surface area contributed by atoms with Gasteiger partial charge in [0.25, 0.3) is 0 Å². The summed E-state index contributed by atoms with van der Waals surface area (Å²) in [5.74, 6) is 0.888. The first kappa shape index (κ1) is 23.7. The molecule has 3 aliphatic rings. The van der Waals surface area contributed by atoms with Gasteiger partial charge in [0.1, 0.15) is 6.61 Å². The van der Waals surface area contributed by atoms with Crippen molar-refractivity contribution in [1.82, 2.24) is 10.2 Å². The highest BCUT2D eigenvalue weighted by Crippen LogP contribution is 2.44. The van der Waals surface area contributed by atoms with Crippen LogP contribution in [0.15, 0.2) is 48.5 Å². The van der Waals surface area contributed by atoms with Crippen molar-refractivity contribution in [1.29, 1.82) is 0 Å². The fourth-order valence-electron chi connectivity index (χ4n) is 5.51. The van der Waals surface area contributed by atoms with E-state index in [2.05, 4.69) is 29.6 Å². The van der Waals surface area contributed by atoms with Gasteiger partial charge in [0.2, 0.25) is 5.91 Å². The Bertz CT molecular complexity index is 1080. The van der Waals surface area contributed by atoms with Crippen LogP contribution in [0, 0.1) is 5.92 Å². The summed E-state index contributed by atoms with van der Waals surface area (Å²) in [6, 6.07) is 16.4. The van der Waals surface area contributed by atoms with Crippen LogP contribution in [0.25, 0.3) is 11.1 Å². The monoisotopic (exact) mass is 494 g/mol. The summed E-state index contributed by atoms with van der Waals surface area (Å²) < 4.78 is 5.76. The molecule has 0 unspecified atom stereocenters. The topological polar surface area (TPSA) is 95.9 Å². The standard InChI is InChI=1S/C27H30N2O5S/c30-24(29-15-18(16-29)13-25(31)32)14-27(9-11-35-12-10-27)28-26(33)34-17-23-21-7-3-1-5-19(21)20-6-2-4-8-22(20)23/h1-8,18,23H,9-17H2,(H,28,33)(H,31,32). The van der Waals surface area contributed by atoms with E-state index in [1.165, 1.54) is 11.1 Å². The van der Waals surface area contributed by atoms with Gasteiger partial charge in [-0.2, -0.15) is 11.8 Å². The fourth-order valence-corrected chi connectivity index (χ4v) is 6.78. The average Bonchev–Trinajstić information content (AvgIpc) is 3.14. The van der Waals surface area contributed by atoms with Gasteiger partial charge in [0.15, 0.2) is 0 Å². The van der Waals surface area contributed by atoms with Crippen LogP contribution in [0.5, 0.6) is 0 Å². The quantitative estimate of drug-likeness (QED) is 0.601. The maximum Gasteiger partial charge on any atom is 0.407 e. The Morgan fingerprint density at radius 2 is 1.60 bits per heavy atom. The van der Waals surface area contributed by atoms with E-state index < -0.39 is 17.6 Å². The molecule has 8 heteroatoms. The largest absolute Gasteiger partial charge is 0.481 e. The molecule has 184 valence electrons. The molecule has 0 aromatic heterocycles. The first-order valence-corrected chi connectivity index (χ1v) is 13.3. The number of aliphatic carboxylic acids is 1. The van der Waals surface area contributed by atoms with Gasteiger partial charge < -0.3 is 20.1 Å². The van der Waals surface area contributed by atoms with Crippen molar-refractivity contribution in [2.75, 3.05) is 31.2 Å². The van der Waals surface area contributed by atoms with E-state index in [1.807, 2.05) is 36.0 Å². The summed E-state index contributed by atoms with van der Waals surface area (Å²) in [5, 5.41) is 12.0. The van der Waals surface area contributed by atoms with Gasteiger partial charge in [-0.1, -0.05) is 48.5 Å². The van der Waals surface area contributed by atoms with Crippen LogP contribution in [0.3, 0.4) is 0 Å². The molecule has 7 nitrogen and oxygen atoms in total. The summed E-state index contributed by atoms with van der Waals surface area (Å²) in [6.07, 6.45) is 1.24. The van der Waals surface area contributed by atoms with Crippen LogP contribution < -0.4 is 5.32 Å². The number of alkyl carbamates (subject to hydrolysis) is 1. The Balaban J connectivity index is 1.21. The van der Waals surface area contributed by atoms with Crippen molar-refractivity contribution in [3.8, 4) is 11.1 Å². The van der Waals surface area contributed by atoms with E-state index in [0.29, 0.717) is 25.9 Å². The number of rotatable bonds is 7. The number of carboxylic acids is 1. The Kier molecular flexibility index (Phi) is 6.73. The van der Waals surface area contributed by atoms with E-state index in [1.54, 1.807) is 4.90 Å². The van der Waals surface area contributed by atoms with E-state index in [9.17, 15) is 14.4 Å². The third kappa shape index (κ3) is 5.03. The number of carboxylic acid groups (broad SMARTS) is 1. The minimum atomic E-state index is -0.834. The Hall–Kier alpha value is -3.00. The van der Waals surface area contributed by atoms with Gasteiger partial charge in [-0.25, -0.2) is 4.79 Å². The lowest BCUT2D eigenvalue weighted by Crippen LogP contribution is -2.57. The van der Waals surface area contributed by atoms with Gasteiger partial charge in [-0.3, -0.25) is 9.59 Å². The van der Waals surface area contributed by atoms with E-state index in [-0.39, 0.29) is 37.2 Å². The van der Waals surface area contributed by atoms with Crippen LogP contribution in [0.1, 0.15) is 42.7 Å². The smallest absolute Gasteiger partial charge is 0.407 e. The summed E-state index contributed by atoms with van der Waals surface area (Å²) in [7, 11) is 0. The average molecular weight is 495 g/mol. The van der Waals surface area contributed by atoms with Crippen LogP contribution in [-0.2, 0) is 14.3 Å². The lowest BCUT2D eigenvalue weighted by molar-refractivity contribution is -0.146. The highest BCUT2D eigenvalue weighted by molar-refractivity contribution is 7.99. The zero-order chi connectivity index (χ0) is 24.4. The second kappa shape index (κ2) is 9.93. The predicted octanol–water partition coefficient (Wildman–Crippen LogP) is 4.11. The first-order valence-electron chi connectivity index (χ1n) is 12.1. The second-order valence-corrected chi connectivity index (χ2v) is 11.0. The minimum absolute atomic E-state index is 0.0140. The Morgan fingerprint density at radius 3 is 2.20 bits per heavy atom. The molecule has 2 aromatic carbocycles. The number of likely N-dealkylation sites (tertiary alicyclic amines) is 1. The molecular formula is C27H30N2O5S. The zero-order valence-electron chi connectivity index (χ0n) is 19.6. The fraction of sp³-hybridized carbons (Fsp3) is 0.444. The van der Waals surface area contributed by atoms with Crippen molar-refractivity contribution in [3.05, 3.63) is 59.7 Å². The molecule has 2 amide bonds. The van der Waals surface area contributed by atoms with Crippen molar-refractivity contribution < 1.29 is 24.2 Å². The lowest BCUT2D eigenvalue weighted by atomic mass is 9.86. The summed E-state index contributed by atoms with van der Waals surface area (Å²) in [6.45, 7) is 1.18. The van der Waals surface area contributed by atoms with Crippen LogP contribution in [0.2, 0.25) is 0 Å². The molecule has 2 fully saturated rings. The highest BCUT2D eigenvalue weighted by Gasteiger charge is 2.41. The van der Waals surface area contributed by atoms with Crippen LogP contribution in [-0.4, -0.2) is 64.7 Å². The third-order valence-corrected chi connectivity index (χ3v) is 8.41. The number of carbonyl (C=O) groups is 3. The molecule has 0 spiro atoms. The molecule has 2 heterocycles. The maximum atomic E-state index is 13.0. The lowest BCUT2D eigenvalue weighted by Gasteiger charge is -2.43. The maximum absolute atomic E-state index is 13.0. The summed E-state index contributed by atoms with van der Waals surface area (Å²) in [4.78, 5) is 38.5. The van der Waals surface area contributed by atoms with Crippen LogP contribution in [0.4, 0.5) is 4.79 Å². The molecular weight excluding hydrogens is 464 g/mol. The molecule has 1 aliphatic carbocycles. The molecule has 2 N–H and O–H groups in total. The van der Waals surface area contributed by atoms with Gasteiger partial charge in [-0.15, -0.1) is 0 Å². The molecule has 2 aromatic rings. The van der Waals surface area contributed by atoms with Gasteiger partial charge >= 0.3 is 12.1 Å². The molecule has 0 saturated carbocycles. The van der Waals surface area contributed by atoms with E-state index >= 15 is 0 Å². The number of carbonyl (C=O) groups excluding carboxylic acids is 2. The van der Waals surface area contributed by atoms with Gasteiger partial charge in [0, 0.05) is 24.9 Å².